The van der Waals surface area contributed by atoms with Gasteiger partial charge in [0.1, 0.15) is 5.75 Å². The lowest BCUT2D eigenvalue weighted by atomic mass is 10.0. The zero-order valence-electron chi connectivity index (χ0n) is 19.9. The highest BCUT2D eigenvalue weighted by atomic mass is 19.4. The normalized spacial score (nSPS) is 11.1. The van der Waals surface area contributed by atoms with Crippen molar-refractivity contribution in [2.75, 3.05) is 17.2 Å². The summed E-state index contributed by atoms with van der Waals surface area (Å²) in [4.78, 5) is 23.7. The van der Waals surface area contributed by atoms with E-state index in [1.54, 1.807) is 36.4 Å². The van der Waals surface area contributed by atoms with Crippen LogP contribution in [0.2, 0.25) is 0 Å². The van der Waals surface area contributed by atoms with E-state index < -0.39 is 17.7 Å². The molecule has 36 heavy (non-hydrogen) atoms. The van der Waals surface area contributed by atoms with Crippen LogP contribution in [0.1, 0.15) is 45.5 Å². The second kappa shape index (κ2) is 11.6. The van der Waals surface area contributed by atoms with E-state index in [0.29, 0.717) is 35.5 Å². The summed E-state index contributed by atoms with van der Waals surface area (Å²) < 4.78 is 43.9. The first-order valence-corrected chi connectivity index (χ1v) is 11.3. The summed E-state index contributed by atoms with van der Waals surface area (Å²) in [5.74, 6) is -0.782. The Morgan fingerprint density at radius 3 is 2.28 bits per heavy atom. The molecule has 0 radical (unpaired) electrons. The number of para-hydroxylation sites is 2. The van der Waals surface area contributed by atoms with E-state index >= 15 is 0 Å². The van der Waals surface area contributed by atoms with Crippen LogP contribution in [-0.4, -0.2) is 23.6 Å². The van der Waals surface area contributed by atoms with Crippen molar-refractivity contribution in [1.29, 1.82) is 0 Å². The zero-order valence-corrected chi connectivity index (χ0v) is 19.9. The molecule has 0 heterocycles. The molecule has 9 heteroatoms. The Balaban J connectivity index is 1.66. The highest BCUT2D eigenvalue weighted by Gasteiger charge is 2.29. The number of amides is 1. The smallest absolute Gasteiger partial charge is 0.416 e. The Morgan fingerprint density at radius 1 is 0.917 bits per heavy atom. The summed E-state index contributed by atoms with van der Waals surface area (Å²) in [5, 5.41) is 14.8. The molecule has 0 saturated heterocycles. The largest absolute Gasteiger partial charge is 0.491 e. The standard InChI is InChI=1S/C27H27F3N2O4/c1-17-18(2)22(31-16-19-9-11-20(12-10-19)27(28,29)30)14-13-21(17)26(35)32-23-6-3-4-7-24(23)36-15-5-8-25(33)34/h3-4,6-7,9-14,31H,5,8,15-16H2,1-2H3,(H,32,35)(H,33,34). The van der Waals surface area contributed by atoms with E-state index in [-0.39, 0.29) is 18.9 Å². The van der Waals surface area contributed by atoms with Crippen LogP contribution in [0.5, 0.6) is 5.75 Å². The average Bonchev–Trinajstić information content (AvgIpc) is 2.83. The Hall–Kier alpha value is -4.01. The van der Waals surface area contributed by atoms with Gasteiger partial charge < -0.3 is 20.5 Å². The fourth-order valence-corrected chi connectivity index (χ4v) is 3.56. The van der Waals surface area contributed by atoms with E-state index in [0.717, 1.165) is 28.9 Å². The van der Waals surface area contributed by atoms with Crippen molar-refractivity contribution in [3.63, 3.8) is 0 Å². The van der Waals surface area contributed by atoms with Crippen LogP contribution in [0.3, 0.4) is 0 Å². The number of alkyl halides is 3. The molecule has 0 fully saturated rings. The monoisotopic (exact) mass is 500 g/mol. The lowest BCUT2D eigenvalue weighted by Gasteiger charge is -2.16. The number of hydrogen-bond donors (Lipinski definition) is 3. The van der Waals surface area contributed by atoms with Crippen LogP contribution in [0.25, 0.3) is 0 Å². The molecule has 3 aromatic carbocycles. The molecule has 0 aliphatic heterocycles. The molecular formula is C27H27F3N2O4. The maximum Gasteiger partial charge on any atom is 0.416 e. The molecule has 1 amide bonds. The van der Waals surface area contributed by atoms with Gasteiger partial charge in [-0.2, -0.15) is 13.2 Å². The fraction of sp³-hybridized carbons (Fsp3) is 0.259. The molecule has 6 nitrogen and oxygen atoms in total. The van der Waals surface area contributed by atoms with E-state index in [4.69, 9.17) is 9.84 Å². The van der Waals surface area contributed by atoms with Gasteiger partial charge >= 0.3 is 12.1 Å². The lowest BCUT2D eigenvalue weighted by molar-refractivity contribution is -0.138. The number of carboxylic acid groups (broad SMARTS) is 1. The van der Waals surface area contributed by atoms with Gasteiger partial charge in [-0.25, -0.2) is 0 Å². The van der Waals surface area contributed by atoms with Crippen LogP contribution in [0.15, 0.2) is 60.7 Å². The first kappa shape index (κ1) is 26.6. The molecule has 0 aliphatic rings. The minimum atomic E-state index is -4.37. The van der Waals surface area contributed by atoms with Gasteiger partial charge in [-0.3, -0.25) is 9.59 Å². The van der Waals surface area contributed by atoms with Gasteiger partial charge in [-0.1, -0.05) is 24.3 Å². The number of benzene rings is 3. The van der Waals surface area contributed by atoms with Gasteiger partial charge in [0.15, 0.2) is 0 Å². The number of ether oxygens (including phenoxy) is 1. The zero-order chi connectivity index (χ0) is 26.3. The molecule has 0 atom stereocenters. The highest BCUT2D eigenvalue weighted by Crippen LogP contribution is 2.30. The lowest BCUT2D eigenvalue weighted by Crippen LogP contribution is -2.15. The summed E-state index contributed by atoms with van der Waals surface area (Å²) in [6, 6.07) is 15.3. The number of halogens is 3. The van der Waals surface area contributed by atoms with Gasteiger partial charge in [-0.05, 0) is 73.4 Å². The van der Waals surface area contributed by atoms with Crippen molar-refractivity contribution in [3.05, 3.63) is 88.5 Å². The van der Waals surface area contributed by atoms with Crippen molar-refractivity contribution in [1.82, 2.24) is 0 Å². The number of rotatable bonds is 10. The third-order valence-corrected chi connectivity index (χ3v) is 5.72. The number of aliphatic carboxylic acids is 1. The van der Waals surface area contributed by atoms with Crippen LogP contribution < -0.4 is 15.4 Å². The van der Waals surface area contributed by atoms with Gasteiger partial charge in [0.05, 0.1) is 17.9 Å². The molecule has 0 aromatic heterocycles. The third-order valence-electron chi connectivity index (χ3n) is 5.72. The van der Waals surface area contributed by atoms with Crippen LogP contribution in [-0.2, 0) is 17.5 Å². The van der Waals surface area contributed by atoms with Crippen LogP contribution in [0, 0.1) is 13.8 Å². The quantitative estimate of drug-likeness (QED) is 0.279. The molecule has 3 aromatic rings. The summed E-state index contributed by atoms with van der Waals surface area (Å²) in [6.45, 7) is 4.22. The first-order valence-electron chi connectivity index (χ1n) is 11.3. The summed E-state index contributed by atoms with van der Waals surface area (Å²) >= 11 is 0. The van der Waals surface area contributed by atoms with E-state index in [9.17, 15) is 22.8 Å². The van der Waals surface area contributed by atoms with Crippen molar-refractivity contribution < 1.29 is 32.6 Å². The van der Waals surface area contributed by atoms with E-state index in [1.165, 1.54) is 12.1 Å². The Kier molecular flexibility index (Phi) is 8.58. The van der Waals surface area contributed by atoms with Crippen molar-refractivity contribution in [2.24, 2.45) is 0 Å². The number of carboxylic acids is 1. The minimum absolute atomic E-state index is 0.00769. The molecule has 0 bridgehead atoms. The Bertz CT molecular complexity index is 1220. The second-order valence-electron chi connectivity index (χ2n) is 8.25. The molecule has 3 rings (SSSR count). The van der Waals surface area contributed by atoms with Crippen LogP contribution >= 0.6 is 0 Å². The first-order chi connectivity index (χ1) is 17.1. The number of carbonyl (C=O) groups excluding carboxylic acids is 1. The van der Waals surface area contributed by atoms with Gasteiger partial charge in [0.2, 0.25) is 0 Å². The third kappa shape index (κ3) is 7.00. The number of anilines is 2. The highest BCUT2D eigenvalue weighted by molar-refractivity contribution is 6.06. The fourth-order valence-electron chi connectivity index (χ4n) is 3.56. The number of carbonyl (C=O) groups is 2. The van der Waals surface area contributed by atoms with E-state index in [1.807, 2.05) is 13.8 Å². The minimum Gasteiger partial charge on any atom is -0.491 e. The van der Waals surface area contributed by atoms with Crippen molar-refractivity contribution in [3.8, 4) is 5.75 Å². The van der Waals surface area contributed by atoms with Gasteiger partial charge in [-0.15, -0.1) is 0 Å². The molecule has 0 saturated carbocycles. The predicted molar refractivity (Wildman–Crippen MR) is 131 cm³/mol. The Morgan fingerprint density at radius 2 is 1.61 bits per heavy atom. The Labute approximate surface area is 207 Å². The SMILES string of the molecule is Cc1c(NCc2ccc(C(F)(F)F)cc2)ccc(C(=O)Nc2ccccc2OCCCC(=O)O)c1C. The van der Waals surface area contributed by atoms with Gasteiger partial charge in [0.25, 0.3) is 5.91 Å². The summed E-state index contributed by atoms with van der Waals surface area (Å²) in [6.07, 6.45) is -4.04. The van der Waals surface area contributed by atoms with Crippen molar-refractivity contribution >= 4 is 23.3 Å². The second-order valence-corrected chi connectivity index (χ2v) is 8.25. The molecule has 0 aliphatic carbocycles. The number of nitrogens with one attached hydrogen (secondary N) is 2. The molecule has 0 spiro atoms. The maximum atomic E-state index is 13.0. The predicted octanol–water partition coefficient (Wildman–Crippen LogP) is 6.43. The molecular weight excluding hydrogens is 473 g/mol. The number of hydrogen-bond acceptors (Lipinski definition) is 4. The average molecular weight is 501 g/mol. The topological polar surface area (TPSA) is 87.7 Å². The van der Waals surface area contributed by atoms with E-state index in [2.05, 4.69) is 10.6 Å². The van der Waals surface area contributed by atoms with Crippen molar-refractivity contribution in [2.45, 2.75) is 39.4 Å². The molecule has 3 N–H and O–H groups in total. The van der Waals surface area contributed by atoms with Crippen LogP contribution in [0.4, 0.5) is 24.5 Å². The molecule has 190 valence electrons. The summed E-state index contributed by atoms with van der Waals surface area (Å²) in [5.41, 5.74) is 3.30. The maximum absolute atomic E-state index is 13.0. The van der Waals surface area contributed by atoms with Gasteiger partial charge in [0, 0.05) is 24.2 Å². The molecule has 0 unspecified atom stereocenters. The summed E-state index contributed by atoms with van der Waals surface area (Å²) in [7, 11) is 0.